The van der Waals surface area contributed by atoms with Crippen molar-refractivity contribution in [1.29, 1.82) is 5.26 Å². The van der Waals surface area contributed by atoms with E-state index >= 15 is 0 Å². The molecule has 0 atom stereocenters. The molecule has 26 heavy (non-hydrogen) atoms. The van der Waals surface area contributed by atoms with Crippen LogP contribution in [0.15, 0.2) is 54.2 Å². The maximum Gasteiger partial charge on any atom is 0.267 e. The van der Waals surface area contributed by atoms with Gasteiger partial charge in [-0.25, -0.2) is 0 Å². The molecule has 0 unspecified atom stereocenters. The number of amides is 2. The molecule has 0 saturated heterocycles. The second kappa shape index (κ2) is 8.55. The first-order chi connectivity index (χ1) is 12.4. The third-order valence-electron chi connectivity index (χ3n) is 3.19. The number of hydrogen-bond donors (Lipinski definition) is 4. The molecular formula is C18H16ClN5O2. The van der Waals surface area contributed by atoms with Gasteiger partial charge in [0.25, 0.3) is 5.91 Å². The molecule has 0 aliphatic rings. The van der Waals surface area contributed by atoms with Crippen molar-refractivity contribution >= 4 is 46.2 Å². The van der Waals surface area contributed by atoms with E-state index in [1.807, 2.05) is 6.07 Å². The zero-order valence-corrected chi connectivity index (χ0v) is 14.6. The van der Waals surface area contributed by atoms with Crippen molar-refractivity contribution < 1.29 is 9.59 Å². The van der Waals surface area contributed by atoms with Crippen LogP contribution in [0.1, 0.15) is 6.92 Å². The molecule has 0 heterocycles. The van der Waals surface area contributed by atoms with Gasteiger partial charge < -0.3 is 21.7 Å². The lowest BCUT2D eigenvalue weighted by atomic mass is 10.2. The first-order valence-electron chi connectivity index (χ1n) is 7.50. The second-order valence-corrected chi connectivity index (χ2v) is 5.67. The summed E-state index contributed by atoms with van der Waals surface area (Å²) in [6.07, 6.45) is 1.26. The van der Waals surface area contributed by atoms with Crippen LogP contribution in [-0.4, -0.2) is 11.8 Å². The number of halogens is 1. The number of rotatable bonds is 5. The first kappa shape index (κ1) is 18.8. The third kappa shape index (κ3) is 5.26. The van der Waals surface area contributed by atoms with Gasteiger partial charge in [0.1, 0.15) is 11.6 Å². The highest BCUT2D eigenvalue weighted by atomic mass is 35.5. The van der Waals surface area contributed by atoms with Gasteiger partial charge >= 0.3 is 0 Å². The van der Waals surface area contributed by atoms with Gasteiger partial charge in [0.2, 0.25) is 5.91 Å². The van der Waals surface area contributed by atoms with Crippen LogP contribution in [-0.2, 0) is 9.59 Å². The second-order valence-electron chi connectivity index (χ2n) is 5.27. The number of carbonyl (C=O) groups excluding carboxylic acids is 2. The van der Waals surface area contributed by atoms with Gasteiger partial charge in [-0.2, -0.15) is 5.26 Å². The zero-order valence-electron chi connectivity index (χ0n) is 13.8. The minimum atomic E-state index is -0.584. The minimum absolute atomic E-state index is 0.135. The molecule has 132 valence electrons. The maximum atomic E-state index is 12.2. The topological polar surface area (TPSA) is 120 Å². The Morgan fingerprint density at radius 3 is 2.27 bits per heavy atom. The van der Waals surface area contributed by atoms with Crippen molar-refractivity contribution in [1.82, 2.24) is 0 Å². The fourth-order valence-electron chi connectivity index (χ4n) is 1.99. The van der Waals surface area contributed by atoms with E-state index in [4.69, 9.17) is 17.3 Å². The summed E-state index contributed by atoms with van der Waals surface area (Å²) < 4.78 is 0. The van der Waals surface area contributed by atoms with Gasteiger partial charge in [-0.1, -0.05) is 11.6 Å². The molecule has 0 bridgehead atoms. The maximum absolute atomic E-state index is 12.2. The van der Waals surface area contributed by atoms with Gasteiger partial charge in [0.15, 0.2) is 0 Å². The van der Waals surface area contributed by atoms with Crippen LogP contribution in [0.3, 0.4) is 0 Å². The molecule has 0 spiro atoms. The number of nitrogens with zero attached hydrogens (tertiary/aromatic N) is 1. The quantitative estimate of drug-likeness (QED) is 0.366. The number of carbonyl (C=O) groups is 2. The van der Waals surface area contributed by atoms with E-state index < -0.39 is 5.91 Å². The van der Waals surface area contributed by atoms with Gasteiger partial charge in [-0.05, 0) is 42.5 Å². The predicted octanol–water partition coefficient (Wildman–Crippen LogP) is 3.34. The monoisotopic (exact) mass is 369 g/mol. The third-order valence-corrected chi connectivity index (χ3v) is 3.51. The van der Waals surface area contributed by atoms with E-state index in [-0.39, 0.29) is 11.5 Å². The lowest BCUT2D eigenvalue weighted by Gasteiger charge is -2.08. The highest BCUT2D eigenvalue weighted by molar-refractivity contribution is 6.33. The first-order valence-corrected chi connectivity index (χ1v) is 7.87. The van der Waals surface area contributed by atoms with Gasteiger partial charge in [-0.15, -0.1) is 0 Å². The molecule has 8 heteroatoms. The minimum Gasteiger partial charge on any atom is -0.399 e. The van der Waals surface area contributed by atoms with Crippen molar-refractivity contribution in [2.24, 2.45) is 0 Å². The largest absolute Gasteiger partial charge is 0.399 e. The molecule has 0 fully saturated rings. The van der Waals surface area contributed by atoms with Crippen LogP contribution < -0.4 is 21.7 Å². The Kier molecular flexibility index (Phi) is 6.20. The highest BCUT2D eigenvalue weighted by Crippen LogP contribution is 2.24. The summed E-state index contributed by atoms with van der Waals surface area (Å²) in [6.45, 7) is 1.40. The van der Waals surface area contributed by atoms with E-state index in [1.165, 1.54) is 13.1 Å². The summed E-state index contributed by atoms with van der Waals surface area (Å²) in [7, 11) is 0. The van der Waals surface area contributed by atoms with Crippen LogP contribution in [0.25, 0.3) is 0 Å². The molecule has 0 aliphatic carbocycles. The number of nitrogens with two attached hydrogens (primary N) is 1. The summed E-state index contributed by atoms with van der Waals surface area (Å²) in [6, 6.07) is 13.2. The number of benzene rings is 2. The van der Waals surface area contributed by atoms with Crippen molar-refractivity contribution in [3.05, 3.63) is 59.3 Å². The molecule has 2 aromatic carbocycles. The number of hydrogen-bond acceptors (Lipinski definition) is 5. The average molecular weight is 370 g/mol. The molecule has 2 rings (SSSR count). The van der Waals surface area contributed by atoms with Gasteiger partial charge in [-0.3, -0.25) is 9.59 Å². The van der Waals surface area contributed by atoms with Crippen molar-refractivity contribution in [2.75, 3.05) is 21.7 Å². The Morgan fingerprint density at radius 1 is 1.12 bits per heavy atom. The fraction of sp³-hybridized carbons (Fsp3) is 0.0556. The molecule has 0 radical (unpaired) electrons. The molecule has 0 aliphatic heterocycles. The van der Waals surface area contributed by atoms with Crippen LogP contribution in [0.5, 0.6) is 0 Å². The van der Waals surface area contributed by atoms with Gasteiger partial charge in [0.05, 0.1) is 10.7 Å². The van der Waals surface area contributed by atoms with E-state index in [9.17, 15) is 14.9 Å². The smallest absolute Gasteiger partial charge is 0.267 e. The fourth-order valence-corrected chi connectivity index (χ4v) is 2.23. The average Bonchev–Trinajstić information content (AvgIpc) is 2.58. The molecule has 2 aromatic rings. The lowest BCUT2D eigenvalue weighted by molar-refractivity contribution is -0.114. The molecular weight excluding hydrogens is 354 g/mol. The lowest BCUT2D eigenvalue weighted by Crippen LogP contribution is -2.14. The summed E-state index contributed by atoms with van der Waals surface area (Å²) >= 11 is 6.03. The summed E-state index contributed by atoms with van der Waals surface area (Å²) in [5.74, 6) is -0.775. The molecule has 0 saturated carbocycles. The predicted molar refractivity (Wildman–Crippen MR) is 103 cm³/mol. The Labute approximate surface area is 155 Å². The SMILES string of the molecule is CC(=O)Nc1ccc(NC(=O)/C(C#N)=C\Nc2ccc(N)cc2Cl)cc1. The highest BCUT2D eigenvalue weighted by Gasteiger charge is 2.10. The Morgan fingerprint density at radius 2 is 1.73 bits per heavy atom. The van der Waals surface area contributed by atoms with Crippen LogP contribution in [0, 0.1) is 11.3 Å². The molecule has 7 nitrogen and oxygen atoms in total. The van der Waals surface area contributed by atoms with Crippen LogP contribution in [0.4, 0.5) is 22.7 Å². The Bertz CT molecular complexity index is 901. The molecule has 0 aromatic heterocycles. The number of nitrogen functional groups attached to an aromatic ring is 1. The van der Waals surface area contributed by atoms with Crippen LogP contribution in [0.2, 0.25) is 5.02 Å². The van der Waals surface area contributed by atoms with Crippen molar-refractivity contribution in [3.8, 4) is 6.07 Å². The normalized spacial score (nSPS) is 10.6. The number of nitrogens with one attached hydrogen (secondary N) is 3. The number of nitriles is 1. The Balaban J connectivity index is 2.06. The van der Waals surface area contributed by atoms with Crippen molar-refractivity contribution in [3.63, 3.8) is 0 Å². The standard InChI is InChI=1S/C18H16ClN5O2/c1-11(25)23-14-3-5-15(6-4-14)24-18(26)12(9-20)10-22-17-7-2-13(21)8-16(17)19/h2-8,10,22H,21H2,1H3,(H,23,25)(H,24,26)/b12-10-. The van der Waals surface area contributed by atoms with E-state index in [0.29, 0.717) is 27.8 Å². The zero-order chi connectivity index (χ0) is 19.1. The van der Waals surface area contributed by atoms with E-state index in [2.05, 4.69) is 16.0 Å². The summed E-state index contributed by atoms with van der Waals surface area (Å²) in [5, 5.41) is 17.6. The van der Waals surface area contributed by atoms with Crippen LogP contribution >= 0.6 is 11.6 Å². The molecule has 5 N–H and O–H groups in total. The Hall–Kier alpha value is -3.50. The molecule has 2 amide bonds. The summed E-state index contributed by atoms with van der Waals surface area (Å²) in [4.78, 5) is 23.2. The van der Waals surface area contributed by atoms with Gasteiger partial charge in [0, 0.05) is 30.2 Å². The van der Waals surface area contributed by atoms with E-state index in [1.54, 1.807) is 42.5 Å². The summed E-state index contributed by atoms with van der Waals surface area (Å²) in [5.41, 5.74) is 7.58. The van der Waals surface area contributed by atoms with Crippen molar-refractivity contribution in [2.45, 2.75) is 6.92 Å². The van der Waals surface area contributed by atoms with E-state index in [0.717, 1.165) is 0 Å². The number of anilines is 4.